The minimum absolute atomic E-state index is 0.272. The number of aromatic nitrogens is 1. The van der Waals surface area contributed by atoms with Crippen LogP contribution in [0.1, 0.15) is 11.1 Å². The van der Waals surface area contributed by atoms with Crippen LogP contribution in [0.25, 0.3) is 0 Å². The Bertz CT molecular complexity index is 714. The zero-order valence-corrected chi connectivity index (χ0v) is 12.9. The quantitative estimate of drug-likeness (QED) is 0.872. The van der Waals surface area contributed by atoms with Crippen LogP contribution in [0.15, 0.2) is 45.9 Å². The number of rotatable bonds is 3. The third-order valence-corrected chi connectivity index (χ3v) is 4.53. The van der Waals surface area contributed by atoms with Crippen LogP contribution < -0.4 is 4.72 Å². The fourth-order valence-electron chi connectivity index (χ4n) is 1.65. The third kappa shape index (κ3) is 3.33. The predicted octanol–water partition coefficient (Wildman–Crippen LogP) is 3.26. The normalized spacial score (nSPS) is 11.3. The zero-order chi connectivity index (χ0) is 14.0. The summed E-state index contributed by atoms with van der Waals surface area (Å²) in [5.74, 6) is 0.287. The molecule has 1 N–H and O–H groups in total. The number of hydrogen-bond acceptors (Lipinski definition) is 3. The Morgan fingerprint density at radius 3 is 2.58 bits per heavy atom. The van der Waals surface area contributed by atoms with Crippen LogP contribution in [0.5, 0.6) is 0 Å². The van der Waals surface area contributed by atoms with Crippen LogP contribution in [0, 0.1) is 13.8 Å². The van der Waals surface area contributed by atoms with E-state index < -0.39 is 10.0 Å². The highest BCUT2D eigenvalue weighted by Crippen LogP contribution is 2.20. The average molecular weight is 341 g/mol. The molecule has 0 amide bonds. The lowest BCUT2D eigenvalue weighted by Gasteiger charge is -2.10. The maximum absolute atomic E-state index is 12.3. The molecule has 0 radical (unpaired) electrons. The SMILES string of the molecule is Cc1ccc(C)c(S(=O)(=O)Nc2cccc(Br)n2)c1. The van der Waals surface area contributed by atoms with E-state index in [1.165, 1.54) is 0 Å². The topological polar surface area (TPSA) is 59.1 Å². The summed E-state index contributed by atoms with van der Waals surface area (Å²) in [4.78, 5) is 4.33. The number of anilines is 1. The van der Waals surface area contributed by atoms with Crippen LogP contribution in [-0.2, 0) is 10.0 Å². The van der Waals surface area contributed by atoms with Gasteiger partial charge in [-0.15, -0.1) is 0 Å². The highest BCUT2D eigenvalue weighted by atomic mass is 79.9. The molecule has 0 aliphatic carbocycles. The smallest absolute Gasteiger partial charge is 0.263 e. The van der Waals surface area contributed by atoms with Crippen LogP contribution in [0.3, 0.4) is 0 Å². The lowest BCUT2D eigenvalue weighted by atomic mass is 10.2. The molecule has 19 heavy (non-hydrogen) atoms. The van der Waals surface area contributed by atoms with Gasteiger partial charge in [0.2, 0.25) is 0 Å². The van der Waals surface area contributed by atoms with Crippen molar-refractivity contribution in [2.45, 2.75) is 18.7 Å². The molecule has 1 aromatic heterocycles. The molecular weight excluding hydrogens is 328 g/mol. The van der Waals surface area contributed by atoms with Gasteiger partial charge < -0.3 is 0 Å². The number of halogens is 1. The van der Waals surface area contributed by atoms with Gasteiger partial charge in [-0.05, 0) is 59.1 Å². The van der Waals surface area contributed by atoms with Gasteiger partial charge in [-0.3, -0.25) is 4.72 Å². The summed E-state index contributed by atoms with van der Waals surface area (Å²) >= 11 is 3.21. The molecule has 0 aliphatic rings. The van der Waals surface area contributed by atoms with Crippen molar-refractivity contribution in [3.63, 3.8) is 0 Å². The Morgan fingerprint density at radius 2 is 1.89 bits per heavy atom. The van der Waals surface area contributed by atoms with Crippen LogP contribution in [-0.4, -0.2) is 13.4 Å². The molecule has 2 aromatic rings. The summed E-state index contributed by atoms with van der Waals surface area (Å²) in [6.45, 7) is 3.62. The molecule has 0 saturated carbocycles. The van der Waals surface area contributed by atoms with Crippen molar-refractivity contribution in [2.24, 2.45) is 0 Å². The number of pyridine rings is 1. The summed E-state index contributed by atoms with van der Waals surface area (Å²) < 4.78 is 27.7. The van der Waals surface area contributed by atoms with E-state index in [0.29, 0.717) is 10.2 Å². The van der Waals surface area contributed by atoms with E-state index in [0.717, 1.165) is 5.56 Å². The summed E-state index contributed by atoms with van der Waals surface area (Å²) in [6.07, 6.45) is 0. The molecule has 0 fully saturated rings. The number of sulfonamides is 1. The van der Waals surface area contributed by atoms with Crippen molar-refractivity contribution >= 4 is 31.8 Å². The van der Waals surface area contributed by atoms with Gasteiger partial charge in [0.1, 0.15) is 10.4 Å². The van der Waals surface area contributed by atoms with Crippen molar-refractivity contribution in [1.82, 2.24) is 4.98 Å². The first-order valence-corrected chi connectivity index (χ1v) is 7.89. The highest BCUT2D eigenvalue weighted by Gasteiger charge is 2.17. The number of benzene rings is 1. The number of nitrogens with zero attached hydrogens (tertiary/aromatic N) is 1. The number of hydrogen-bond donors (Lipinski definition) is 1. The molecule has 0 atom stereocenters. The van der Waals surface area contributed by atoms with Gasteiger partial charge in [0.15, 0.2) is 0 Å². The first-order chi connectivity index (χ1) is 8.88. The monoisotopic (exact) mass is 340 g/mol. The maximum atomic E-state index is 12.3. The minimum Gasteiger partial charge on any atom is -0.263 e. The maximum Gasteiger partial charge on any atom is 0.263 e. The second kappa shape index (κ2) is 5.30. The highest BCUT2D eigenvalue weighted by molar-refractivity contribution is 9.10. The van der Waals surface area contributed by atoms with Crippen molar-refractivity contribution in [3.8, 4) is 0 Å². The van der Waals surface area contributed by atoms with Crippen molar-refractivity contribution in [3.05, 3.63) is 52.1 Å². The van der Waals surface area contributed by atoms with Crippen molar-refractivity contribution in [2.75, 3.05) is 4.72 Å². The van der Waals surface area contributed by atoms with E-state index in [2.05, 4.69) is 25.6 Å². The Labute approximate surface area is 121 Å². The Balaban J connectivity index is 2.40. The summed E-state index contributed by atoms with van der Waals surface area (Å²) in [7, 11) is -3.62. The molecule has 0 spiro atoms. The molecular formula is C13H13BrN2O2S. The van der Waals surface area contributed by atoms with Crippen LogP contribution >= 0.6 is 15.9 Å². The lowest BCUT2D eigenvalue weighted by Crippen LogP contribution is -2.15. The third-order valence-electron chi connectivity index (χ3n) is 2.59. The van der Waals surface area contributed by atoms with Crippen LogP contribution in [0.4, 0.5) is 5.82 Å². The largest absolute Gasteiger partial charge is 0.263 e. The van der Waals surface area contributed by atoms with Crippen molar-refractivity contribution < 1.29 is 8.42 Å². The predicted molar refractivity (Wildman–Crippen MR) is 78.7 cm³/mol. The molecule has 0 aliphatic heterocycles. The average Bonchev–Trinajstić information content (AvgIpc) is 2.31. The van der Waals surface area contributed by atoms with Crippen LogP contribution in [0.2, 0.25) is 0 Å². The first kappa shape index (κ1) is 14.0. The van der Waals surface area contributed by atoms with Gasteiger partial charge >= 0.3 is 0 Å². The van der Waals surface area contributed by atoms with Gasteiger partial charge in [-0.1, -0.05) is 18.2 Å². The number of nitrogens with one attached hydrogen (secondary N) is 1. The van der Waals surface area contributed by atoms with E-state index in [4.69, 9.17) is 0 Å². The second-order valence-electron chi connectivity index (χ2n) is 4.22. The lowest BCUT2D eigenvalue weighted by molar-refractivity contribution is 0.600. The Hall–Kier alpha value is -1.40. The second-order valence-corrected chi connectivity index (χ2v) is 6.68. The van der Waals surface area contributed by atoms with Crippen molar-refractivity contribution in [1.29, 1.82) is 0 Å². The standard InChI is InChI=1S/C13H13BrN2O2S/c1-9-6-7-10(2)11(8-9)19(17,18)16-13-5-3-4-12(14)15-13/h3-8H,1-2H3,(H,15,16). The fourth-order valence-corrected chi connectivity index (χ4v) is 3.33. The van der Waals surface area contributed by atoms with E-state index in [-0.39, 0.29) is 10.7 Å². The summed E-state index contributed by atoms with van der Waals surface area (Å²) in [5, 5.41) is 0. The van der Waals surface area contributed by atoms with Gasteiger partial charge in [0, 0.05) is 0 Å². The van der Waals surface area contributed by atoms with Gasteiger partial charge in [0.05, 0.1) is 4.90 Å². The van der Waals surface area contributed by atoms with Gasteiger partial charge in [-0.25, -0.2) is 13.4 Å². The molecule has 6 heteroatoms. The Kier molecular flexibility index (Phi) is 3.91. The van der Waals surface area contributed by atoms with E-state index >= 15 is 0 Å². The summed E-state index contributed by atoms with van der Waals surface area (Å²) in [6, 6.07) is 10.4. The first-order valence-electron chi connectivity index (χ1n) is 5.61. The molecule has 0 unspecified atom stereocenters. The zero-order valence-electron chi connectivity index (χ0n) is 10.5. The molecule has 0 saturated heterocycles. The van der Waals surface area contributed by atoms with E-state index in [1.807, 2.05) is 13.0 Å². The van der Waals surface area contributed by atoms with E-state index in [9.17, 15) is 8.42 Å². The minimum atomic E-state index is -3.62. The molecule has 2 rings (SSSR count). The molecule has 1 heterocycles. The molecule has 100 valence electrons. The number of aryl methyl sites for hydroxylation is 2. The Morgan fingerprint density at radius 1 is 1.16 bits per heavy atom. The van der Waals surface area contributed by atoms with E-state index in [1.54, 1.807) is 37.3 Å². The molecule has 4 nitrogen and oxygen atoms in total. The van der Waals surface area contributed by atoms with Gasteiger partial charge in [-0.2, -0.15) is 0 Å². The van der Waals surface area contributed by atoms with Gasteiger partial charge in [0.25, 0.3) is 10.0 Å². The molecule has 1 aromatic carbocycles. The summed E-state index contributed by atoms with van der Waals surface area (Å²) in [5.41, 5.74) is 1.60. The molecule has 0 bridgehead atoms. The fraction of sp³-hybridized carbons (Fsp3) is 0.154.